The van der Waals surface area contributed by atoms with E-state index in [-0.39, 0.29) is 15.8 Å². The molecular weight excluding hydrogens is 436 g/mol. The Morgan fingerprint density at radius 3 is 2.52 bits per heavy atom. The fourth-order valence-electron chi connectivity index (χ4n) is 3.44. The first kappa shape index (κ1) is 21.4. The van der Waals surface area contributed by atoms with Crippen molar-refractivity contribution >= 4 is 33.0 Å². The van der Waals surface area contributed by atoms with Crippen LogP contribution in [0.3, 0.4) is 0 Å². The number of amides is 1. The number of methoxy groups -OCH3 is 1. The minimum atomic E-state index is -3.71. The zero-order valence-corrected chi connectivity index (χ0v) is 18.7. The van der Waals surface area contributed by atoms with E-state index in [4.69, 9.17) is 4.74 Å². The second kappa shape index (κ2) is 8.74. The van der Waals surface area contributed by atoms with Gasteiger partial charge in [0.25, 0.3) is 5.91 Å². The highest BCUT2D eigenvalue weighted by Gasteiger charge is 2.38. The van der Waals surface area contributed by atoms with E-state index in [1.54, 1.807) is 12.1 Å². The van der Waals surface area contributed by atoms with Crippen molar-refractivity contribution in [2.24, 2.45) is 0 Å². The van der Waals surface area contributed by atoms with E-state index >= 15 is 0 Å². The van der Waals surface area contributed by atoms with Crippen molar-refractivity contribution in [3.05, 3.63) is 64.1 Å². The lowest BCUT2D eigenvalue weighted by molar-refractivity contribution is 0.102. The van der Waals surface area contributed by atoms with Gasteiger partial charge in [-0.05, 0) is 56.2 Å². The molecule has 0 spiro atoms. The summed E-state index contributed by atoms with van der Waals surface area (Å²) in [6.45, 7) is 2.36. The number of carbonyl (C=O) groups excluding carboxylic acids is 1. The summed E-state index contributed by atoms with van der Waals surface area (Å²) in [6, 6.07) is 13.3. The van der Waals surface area contributed by atoms with Crippen LogP contribution in [-0.4, -0.2) is 42.5 Å². The molecule has 10 heteroatoms. The number of anilines is 1. The Kier molecular flexibility index (Phi) is 6.03. The van der Waals surface area contributed by atoms with Gasteiger partial charge in [-0.2, -0.15) is 4.31 Å². The third-order valence-corrected chi connectivity index (χ3v) is 8.04. The number of nitrogens with zero attached hydrogens (tertiary/aromatic N) is 3. The Balaban J connectivity index is 1.53. The van der Waals surface area contributed by atoms with Gasteiger partial charge in [-0.1, -0.05) is 29.0 Å². The fraction of sp³-hybridized carbons (Fsp3) is 0.286. The van der Waals surface area contributed by atoms with E-state index in [9.17, 15) is 13.2 Å². The van der Waals surface area contributed by atoms with Gasteiger partial charge in [0.2, 0.25) is 15.0 Å². The SMILES string of the molecule is COc1ccc(S(=O)(=O)N2CCC[C@@H]2c2nnc(C(=O)Nc3ccc(C)cc3)s2)cc1. The highest BCUT2D eigenvalue weighted by molar-refractivity contribution is 7.89. The van der Waals surface area contributed by atoms with E-state index in [2.05, 4.69) is 15.5 Å². The maximum atomic E-state index is 13.2. The van der Waals surface area contributed by atoms with E-state index in [0.717, 1.165) is 16.9 Å². The molecule has 8 nitrogen and oxygen atoms in total. The number of ether oxygens (including phenoxy) is 1. The molecule has 1 fully saturated rings. The average Bonchev–Trinajstić information content (AvgIpc) is 3.45. The fourth-order valence-corrected chi connectivity index (χ4v) is 6.05. The van der Waals surface area contributed by atoms with Gasteiger partial charge < -0.3 is 10.1 Å². The number of benzene rings is 2. The van der Waals surface area contributed by atoms with Gasteiger partial charge in [-0.15, -0.1) is 10.2 Å². The first-order valence-corrected chi connectivity index (χ1v) is 12.0. The molecule has 2 heterocycles. The number of hydrogen-bond donors (Lipinski definition) is 1. The highest BCUT2D eigenvalue weighted by atomic mass is 32.2. The molecule has 31 heavy (non-hydrogen) atoms. The summed E-state index contributed by atoms with van der Waals surface area (Å²) >= 11 is 1.12. The largest absolute Gasteiger partial charge is 0.497 e. The molecule has 3 aromatic rings. The quantitative estimate of drug-likeness (QED) is 0.605. The number of sulfonamides is 1. The number of rotatable bonds is 6. The molecule has 2 aromatic carbocycles. The zero-order valence-electron chi connectivity index (χ0n) is 17.1. The third kappa shape index (κ3) is 4.46. The van der Waals surface area contributed by atoms with Gasteiger partial charge in [0.15, 0.2) is 0 Å². The monoisotopic (exact) mass is 458 g/mol. The zero-order chi connectivity index (χ0) is 22.0. The van der Waals surface area contributed by atoms with Gasteiger partial charge >= 0.3 is 0 Å². The summed E-state index contributed by atoms with van der Waals surface area (Å²) in [5.74, 6) is 0.223. The van der Waals surface area contributed by atoms with Gasteiger partial charge in [-0.3, -0.25) is 4.79 Å². The van der Waals surface area contributed by atoms with Crippen LogP contribution in [0.1, 0.15) is 39.3 Å². The molecule has 0 saturated carbocycles. The molecular formula is C21H22N4O4S2. The lowest BCUT2D eigenvalue weighted by atomic mass is 10.2. The van der Waals surface area contributed by atoms with Crippen LogP contribution in [0.4, 0.5) is 5.69 Å². The van der Waals surface area contributed by atoms with E-state index < -0.39 is 16.1 Å². The molecule has 0 bridgehead atoms. The molecule has 1 atom stereocenters. The van der Waals surface area contributed by atoms with E-state index in [0.29, 0.717) is 35.8 Å². The summed E-state index contributed by atoms with van der Waals surface area (Å²) in [7, 11) is -2.18. The normalized spacial score (nSPS) is 16.9. The second-order valence-electron chi connectivity index (χ2n) is 7.21. The summed E-state index contributed by atoms with van der Waals surface area (Å²) in [5.41, 5.74) is 1.76. The minimum Gasteiger partial charge on any atom is -0.497 e. The molecule has 1 aliphatic heterocycles. The summed E-state index contributed by atoms with van der Waals surface area (Å²) in [5, 5.41) is 11.7. The Morgan fingerprint density at radius 1 is 1.13 bits per heavy atom. The van der Waals surface area contributed by atoms with E-state index in [1.807, 2.05) is 31.2 Å². The van der Waals surface area contributed by atoms with Gasteiger partial charge in [0, 0.05) is 12.2 Å². The number of aromatic nitrogens is 2. The van der Waals surface area contributed by atoms with Crippen molar-refractivity contribution in [3.63, 3.8) is 0 Å². The first-order chi connectivity index (χ1) is 14.9. The Labute approximate surface area is 184 Å². The van der Waals surface area contributed by atoms with Gasteiger partial charge in [0.1, 0.15) is 10.8 Å². The van der Waals surface area contributed by atoms with Crippen LogP contribution in [0.5, 0.6) is 5.75 Å². The molecule has 162 valence electrons. The van der Waals surface area contributed by atoms with Crippen LogP contribution in [0.2, 0.25) is 0 Å². The molecule has 4 rings (SSSR count). The van der Waals surface area contributed by atoms with Crippen molar-refractivity contribution in [1.82, 2.24) is 14.5 Å². The maximum absolute atomic E-state index is 13.2. The lowest BCUT2D eigenvalue weighted by Crippen LogP contribution is -2.30. The van der Waals surface area contributed by atoms with Crippen LogP contribution >= 0.6 is 11.3 Å². The summed E-state index contributed by atoms with van der Waals surface area (Å²) < 4.78 is 32.9. The molecule has 1 saturated heterocycles. The number of hydrogen-bond acceptors (Lipinski definition) is 7. The highest BCUT2D eigenvalue weighted by Crippen LogP contribution is 2.38. The Hall–Kier alpha value is -2.82. The predicted octanol–water partition coefficient (Wildman–Crippen LogP) is 3.63. The molecule has 0 aliphatic carbocycles. The van der Waals surface area contributed by atoms with E-state index in [1.165, 1.54) is 23.5 Å². The number of carbonyl (C=O) groups is 1. The van der Waals surface area contributed by atoms with Crippen LogP contribution in [0.15, 0.2) is 53.4 Å². The van der Waals surface area contributed by atoms with Crippen LogP contribution in [-0.2, 0) is 10.0 Å². The number of aryl methyl sites for hydroxylation is 1. The van der Waals surface area contributed by atoms with Crippen LogP contribution in [0, 0.1) is 6.92 Å². The topological polar surface area (TPSA) is 101 Å². The van der Waals surface area contributed by atoms with Crippen LogP contribution in [0.25, 0.3) is 0 Å². The first-order valence-electron chi connectivity index (χ1n) is 9.76. The second-order valence-corrected chi connectivity index (χ2v) is 10.1. The van der Waals surface area contributed by atoms with Crippen LogP contribution < -0.4 is 10.1 Å². The predicted molar refractivity (Wildman–Crippen MR) is 118 cm³/mol. The molecule has 0 unspecified atom stereocenters. The third-order valence-electron chi connectivity index (χ3n) is 5.10. The standard InChI is InChI=1S/C21H22N4O4S2/c1-14-5-7-15(8-6-14)22-19(26)21-24-23-20(30-21)18-4-3-13-25(18)31(27,28)17-11-9-16(29-2)10-12-17/h5-12,18H,3-4,13H2,1-2H3,(H,22,26)/t18-/m1/s1. The average molecular weight is 459 g/mol. The van der Waals surface area contributed by atoms with Crippen molar-refractivity contribution in [3.8, 4) is 5.75 Å². The lowest BCUT2D eigenvalue weighted by Gasteiger charge is -2.22. The maximum Gasteiger partial charge on any atom is 0.286 e. The van der Waals surface area contributed by atoms with Crippen molar-refractivity contribution in [1.29, 1.82) is 0 Å². The molecule has 1 amide bonds. The van der Waals surface area contributed by atoms with Gasteiger partial charge in [-0.25, -0.2) is 8.42 Å². The number of nitrogens with one attached hydrogen (secondary N) is 1. The summed E-state index contributed by atoms with van der Waals surface area (Å²) in [4.78, 5) is 12.7. The van der Waals surface area contributed by atoms with Crippen molar-refractivity contribution < 1.29 is 17.9 Å². The Morgan fingerprint density at radius 2 is 1.84 bits per heavy atom. The van der Waals surface area contributed by atoms with Crippen molar-refractivity contribution in [2.75, 3.05) is 19.0 Å². The van der Waals surface area contributed by atoms with Crippen molar-refractivity contribution in [2.45, 2.75) is 30.7 Å². The molecule has 1 aliphatic rings. The van der Waals surface area contributed by atoms with Gasteiger partial charge in [0.05, 0.1) is 18.0 Å². The smallest absolute Gasteiger partial charge is 0.286 e. The molecule has 1 N–H and O–H groups in total. The summed E-state index contributed by atoms with van der Waals surface area (Å²) in [6.07, 6.45) is 1.34. The molecule has 1 aromatic heterocycles. The Bertz CT molecular complexity index is 1170. The molecule has 0 radical (unpaired) electrons. The minimum absolute atomic E-state index is 0.196.